The molecule has 17 heavy (non-hydrogen) atoms. The number of halogens is 1. The lowest BCUT2D eigenvalue weighted by Gasteiger charge is -2.09. The van der Waals surface area contributed by atoms with E-state index in [1.165, 1.54) is 11.1 Å². The standard InChI is InChI=1S/C13H19BrN2O/c1-9(2)16-13(17)8-15-7-11-4-5-12(14)10(3)6-11/h4-6,9,15H,7-8H2,1-3H3,(H,16,17). The Labute approximate surface area is 111 Å². The molecule has 0 radical (unpaired) electrons. The Morgan fingerprint density at radius 1 is 1.41 bits per heavy atom. The molecule has 0 fully saturated rings. The summed E-state index contributed by atoms with van der Waals surface area (Å²) in [5.41, 5.74) is 2.39. The average molecular weight is 299 g/mol. The van der Waals surface area contributed by atoms with Gasteiger partial charge in [0, 0.05) is 17.1 Å². The minimum atomic E-state index is 0.0360. The van der Waals surface area contributed by atoms with Crippen LogP contribution < -0.4 is 10.6 Å². The second-order valence-corrected chi connectivity index (χ2v) is 5.26. The lowest BCUT2D eigenvalue weighted by Crippen LogP contribution is -2.37. The fourth-order valence-electron chi connectivity index (χ4n) is 1.51. The van der Waals surface area contributed by atoms with Gasteiger partial charge in [-0.1, -0.05) is 28.1 Å². The molecule has 0 unspecified atom stereocenters. The van der Waals surface area contributed by atoms with E-state index in [9.17, 15) is 4.79 Å². The first kappa shape index (κ1) is 14.2. The molecule has 0 aliphatic heterocycles. The molecule has 2 N–H and O–H groups in total. The molecule has 0 bridgehead atoms. The second kappa shape index (κ2) is 6.77. The quantitative estimate of drug-likeness (QED) is 0.876. The third-order valence-electron chi connectivity index (χ3n) is 2.29. The first-order valence-corrected chi connectivity index (χ1v) is 6.53. The zero-order chi connectivity index (χ0) is 12.8. The van der Waals surface area contributed by atoms with E-state index in [4.69, 9.17) is 0 Å². The summed E-state index contributed by atoms with van der Waals surface area (Å²) in [5.74, 6) is 0.0360. The van der Waals surface area contributed by atoms with Crippen molar-refractivity contribution < 1.29 is 4.79 Å². The number of hydrogen-bond donors (Lipinski definition) is 2. The number of hydrogen-bond acceptors (Lipinski definition) is 2. The van der Waals surface area contributed by atoms with Crippen LogP contribution in [0, 0.1) is 6.92 Å². The van der Waals surface area contributed by atoms with E-state index in [2.05, 4.69) is 39.6 Å². The van der Waals surface area contributed by atoms with E-state index in [0.717, 1.165) is 4.47 Å². The molecular weight excluding hydrogens is 280 g/mol. The topological polar surface area (TPSA) is 41.1 Å². The summed E-state index contributed by atoms with van der Waals surface area (Å²) < 4.78 is 1.11. The van der Waals surface area contributed by atoms with Crippen molar-refractivity contribution in [2.24, 2.45) is 0 Å². The molecule has 1 aromatic carbocycles. The summed E-state index contributed by atoms with van der Waals surface area (Å²) in [6.45, 7) is 7.03. The average Bonchev–Trinajstić information content (AvgIpc) is 2.22. The van der Waals surface area contributed by atoms with Crippen molar-refractivity contribution in [3.8, 4) is 0 Å². The van der Waals surface area contributed by atoms with Gasteiger partial charge < -0.3 is 10.6 Å². The van der Waals surface area contributed by atoms with Gasteiger partial charge in [0.15, 0.2) is 0 Å². The fraction of sp³-hybridized carbons (Fsp3) is 0.462. The summed E-state index contributed by atoms with van der Waals surface area (Å²) >= 11 is 3.46. The van der Waals surface area contributed by atoms with Crippen molar-refractivity contribution in [3.05, 3.63) is 33.8 Å². The van der Waals surface area contributed by atoms with E-state index in [1.807, 2.05) is 26.0 Å². The van der Waals surface area contributed by atoms with Crippen molar-refractivity contribution in [1.82, 2.24) is 10.6 Å². The maximum atomic E-state index is 11.4. The molecule has 3 nitrogen and oxygen atoms in total. The molecule has 1 amide bonds. The lowest BCUT2D eigenvalue weighted by atomic mass is 10.1. The van der Waals surface area contributed by atoms with Crippen molar-refractivity contribution in [2.75, 3.05) is 6.54 Å². The van der Waals surface area contributed by atoms with Gasteiger partial charge in [-0.3, -0.25) is 4.79 Å². The Balaban J connectivity index is 2.36. The molecule has 0 aliphatic carbocycles. The number of carbonyl (C=O) groups excluding carboxylic acids is 1. The normalized spacial score (nSPS) is 10.6. The highest BCUT2D eigenvalue weighted by Crippen LogP contribution is 2.16. The molecule has 0 aromatic heterocycles. The van der Waals surface area contributed by atoms with E-state index >= 15 is 0 Å². The minimum absolute atomic E-state index is 0.0360. The fourth-order valence-corrected chi connectivity index (χ4v) is 1.76. The summed E-state index contributed by atoms with van der Waals surface area (Å²) in [6.07, 6.45) is 0. The molecule has 0 spiro atoms. The van der Waals surface area contributed by atoms with Crippen LogP contribution in [-0.2, 0) is 11.3 Å². The van der Waals surface area contributed by atoms with Gasteiger partial charge >= 0.3 is 0 Å². The van der Waals surface area contributed by atoms with Crippen LogP contribution >= 0.6 is 15.9 Å². The molecule has 1 aromatic rings. The maximum Gasteiger partial charge on any atom is 0.234 e. The third-order valence-corrected chi connectivity index (χ3v) is 3.18. The Kier molecular flexibility index (Phi) is 5.65. The first-order chi connectivity index (χ1) is 7.99. The van der Waals surface area contributed by atoms with Crippen molar-refractivity contribution in [1.29, 1.82) is 0 Å². The molecule has 0 saturated carbocycles. The largest absolute Gasteiger partial charge is 0.353 e. The van der Waals surface area contributed by atoms with Gasteiger partial charge in [-0.15, -0.1) is 0 Å². The van der Waals surface area contributed by atoms with Crippen LogP contribution in [0.1, 0.15) is 25.0 Å². The van der Waals surface area contributed by atoms with Crippen LogP contribution in [0.4, 0.5) is 0 Å². The zero-order valence-electron chi connectivity index (χ0n) is 10.5. The highest BCUT2D eigenvalue weighted by atomic mass is 79.9. The van der Waals surface area contributed by atoms with Gasteiger partial charge in [0.25, 0.3) is 0 Å². The molecule has 4 heteroatoms. The van der Waals surface area contributed by atoms with E-state index in [1.54, 1.807) is 0 Å². The van der Waals surface area contributed by atoms with E-state index in [-0.39, 0.29) is 11.9 Å². The van der Waals surface area contributed by atoms with Gasteiger partial charge in [0.05, 0.1) is 6.54 Å². The van der Waals surface area contributed by atoms with Crippen LogP contribution in [0.2, 0.25) is 0 Å². The van der Waals surface area contributed by atoms with E-state index < -0.39 is 0 Å². The van der Waals surface area contributed by atoms with Gasteiger partial charge in [-0.05, 0) is 38.0 Å². The van der Waals surface area contributed by atoms with Crippen LogP contribution in [-0.4, -0.2) is 18.5 Å². The Bertz CT molecular complexity index is 391. The summed E-state index contributed by atoms with van der Waals surface area (Å²) in [7, 11) is 0. The van der Waals surface area contributed by atoms with Gasteiger partial charge in [-0.25, -0.2) is 0 Å². The molecule has 0 aliphatic rings. The molecule has 0 heterocycles. The van der Waals surface area contributed by atoms with Crippen LogP contribution in [0.5, 0.6) is 0 Å². The predicted molar refractivity (Wildman–Crippen MR) is 73.9 cm³/mol. The molecule has 0 atom stereocenters. The number of rotatable bonds is 5. The first-order valence-electron chi connectivity index (χ1n) is 5.74. The molecule has 94 valence electrons. The van der Waals surface area contributed by atoms with Gasteiger partial charge in [-0.2, -0.15) is 0 Å². The van der Waals surface area contributed by atoms with Crippen molar-refractivity contribution in [2.45, 2.75) is 33.4 Å². The number of amides is 1. The maximum absolute atomic E-state index is 11.4. The highest BCUT2D eigenvalue weighted by molar-refractivity contribution is 9.10. The minimum Gasteiger partial charge on any atom is -0.353 e. The number of nitrogens with one attached hydrogen (secondary N) is 2. The Morgan fingerprint density at radius 3 is 2.71 bits per heavy atom. The SMILES string of the molecule is Cc1cc(CNCC(=O)NC(C)C)ccc1Br. The van der Waals surface area contributed by atoms with Crippen molar-refractivity contribution >= 4 is 21.8 Å². The lowest BCUT2D eigenvalue weighted by molar-refractivity contribution is -0.120. The Morgan fingerprint density at radius 2 is 2.12 bits per heavy atom. The summed E-state index contributed by atoms with van der Waals surface area (Å²) in [4.78, 5) is 11.4. The third kappa shape index (κ3) is 5.33. The molecule has 1 rings (SSSR count). The van der Waals surface area contributed by atoms with Gasteiger partial charge in [0.1, 0.15) is 0 Å². The highest BCUT2D eigenvalue weighted by Gasteiger charge is 2.02. The summed E-state index contributed by atoms with van der Waals surface area (Å²) in [5, 5.41) is 5.97. The zero-order valence-corrected chi connectivity index (χ0v) is 12.1. The smallest absolute Gasteiger partial charge is 0.234 e. The van der Waals surface area contributed by atoms with E-state index in [0.29, 0.717) is 13.1 Å². The Hall–Kier alpha value is -0.870. The number of benzene rings is 1. The van der Waals surface area contributed by atoms with Crippen LogP contribution in [0.15, 0.2) is 22.7 Å². The number of aryl methyl sites for hydroxylation is 1. The predicted octanol–water partition coefficient (Wildman–Crippen LogP) is 2.37. The van der Waals surface area contributed by atoms with Crippen molar-refractivity contribution in [3.63, 3.8) is 0 Å². The number of carbonyl (C=O) groups is 1. The summed E-state index contributed by atoms with van der Waals surface area (Å²) in [6, 6.07) is 6.38. The van der Waals surface area contributed by atoms with Crippen LogP contribution in [0.3, 0.4) is 0 Å². The van der Waals surface area contributed by atoms with Crippen LogP contribution in [0.25, 0.3) is 0 Å². The molecular formula is C13H19BrN2O. The monoisotopic (exact) mass is 298 g/mol. The second-order valence-electron chi connectivity index (χ2n) is 4.41. The molecule has 0 saturated heterocycles. The van der Waals surface area contributed by atoms with Gasteiger partial charge in [0.2, 0.25) is 5.91 Å².